The maximum absolute atomic E-state index is 11.9. The minimum Gasteiger partial charge on any atom is -0.396 e. The topological polar surface area (TPSA) is 66.6 Å². The normalized spacial score (nSPS) is 21.1. The largest absolute Gasteiger partial charge is 0.396 e. The van der Waals surface area contributed by atoms with Gasteiger partial charge in [0.1, 0.15) is 0 Å². The first-order valence-electron chi connectivity index (χ1n) is 5.62. The summed E-state index contributed by atoms with van der Waals surface area (Å²) < 4.78 is 4.85. The van der Waals surface area contributed by atoms with Crippen LogP contribution in [0.1, 0.15) is 29.8 Å². The lowest BCUT2D eigenvalue weighted by Crippen LogP contribution is -2.40. The molecule has 1 aliphatic rings. The number of amides is 1. The van der Waals surface area contributed by atoms with Crippen molar-refractivity contribution >= 4 is 5.91 Å². The molecule has 1 saturated heterocycles. The van der Waals surface area contributed by atoms with Gasteiger partial charge in [-0.3, -0.25) is 4.79 Å². The lowest BCUT2D eigenvalue weighted by Gasteiger charge is -2.31. The minimum absolute atomic E-state index is 0.0971. The van der Waals surface area contributed by atoms with E-state index in [2.05, 4.69) is 5.16 Å². The zero-order valence-electron chi connectivity index (χ0n) is 9.13. The van der Waals surface area contributed by atoms with Gasteiger partial charge in [0, 0.05) is 25.8 Å². The molecule has 1 aromatic rings. The first-order chi connectivity index (χ1) is 7.81. The first kappa shape index (κ1) is 11.1. The van der Waals surface area contributed by atoms with E-state index in [4.69, 9.17) is 9.63 Å². The molecule has 0 saturated carbocycles. The van der Waals surface area contributed by atoms with E-state index in [1.807, 2.05) is 0 Å². The molecule has 0 aliphatic carbocycles. The molecule has 0 radical (unpaired) electrons. The van der Waals surface area contributed by atoms with E-state index in [1.54, 1.807) is 11.0 Å². The number of piperidine rings is 1. The predicted molar refractivity (Wildman–Crippen MR) is 56.8 cm³/mol. The minimum atomic E-state index is -0.0971. The molecular formula is C11H16N2O3. The van der Waals surface area contributed by atoms with E-state index in [0.29, 0.717) is 18.2 Å². The lowest BCUT2D eigenvalue weighted by atomic mass is 9.95. The van der Waals surface area contributed by atoms with E-state index in [0.717, 1.165) is 25.8 Å². The van der Waals surface area contributed by atoms with Gasteiger partial charge in [0.05, 0.1) is 6.20 Å². The van der Waals surface area contributed by atoms with Gasteiger partial charge in [0.15, 0.2) is 0 Å². The maximum atomic E-state index is 11.9. The molecule has 0 spiro atoms. The van der Waals surface area contributed by atoms with Crippen LogP contribution in [-0.2, 0) is 0 Å². The Labute approximate surface area is 94.0 Å². The summed E-state index contributed by atoms with van der Waals surface area (Å²) in [5, 5.41) is 12.4. The number of aliphatic hydroxyl groups is 1. The second-order valence-corrected chi connectivity index (χ2v) is 4.15. The number of hydrogen-bond acceptors (Lipinski definition) is 4. The number of likely N-dealkylation sites (tertiary alicyclic amines) is 1. The Morgan fingerprint density at radius 2 is 2.56 bits per heavy atom. The zero-order valence-corrected chi connectivity index (χ0v) is 9.13. The van der Waals surface area contributed by atoms with Gasteiger partial charge in [-0.15, -0.1) is 0 Å². The fourth-order valence-electron chi connectivity index (χ4n) is 2.15. The highest BCUT2D eigenvalue weighted by Crippen LogP contribution is 2.20. The number of hydrogen-bond donors (Lipinski definition) is 1. The zero-order chi connectivity index (χ0) is 11.4. The summed E-state index contributed by atoms with van der Waals surface area (Å²) >= 11 is 0. The Morgan fingerprint density at radius 3 is 3.25 bits per heavy atom. The average Bonchev–Trinajstić information content (AvgIpc) is 2.82. The molecule has 1 N–H and O–H groups in total. The van der Waals surface area contributed by atoms with E-state index in [9.17, 15) is 4.79 Å². The van der Waals surface area contributed by atoms with E-state index in [1.165, 1.54) is 6.20 Å². The van der Waals surface area contributed by atoms with E-state index < -0.39 is 0 Å². The smallest absolute Gasteiger partial charge is 0.292 e. The molecule has 16 heavy (non-hydrogen) atoms. The van der Waals surface area contributed by atoms with Crippen molar-refractivity contribution in [3.05, 3.63) is 18.0 Å². The number of aromatic nitrogens is 1. The van der Waals surface area contributed by atoms with Crippen molar-refractivity contribution in [3.8, 4) is 0 Å². The molecule has 1 amide bonds. The third-order valence-electron chi connectivity index (χ3n) is 2.99. The summed E-state index contributed by atoms with van der Waals surface area (Å²) in [6.45, 7) is 1.66. The lowest BCUT2D eigenvalue weighted by molar-refractivity contribution is 0.0612. The fourth-order valence-corrected chi connectivity index (χ4v) is 2.15. The van der Waals surface area contributed by atoms with Gasteiger partial charge in [-0.2, -0.15) is 0 Å². The second-order valence-electron chi connectivity index (χ2n) is 4.15. The highest BCUT2D eigenvalue weighted by molar-refractivity contribution is 5.91. The van der Waals surface area contributed by atoms with Gasteiger partial charge >= 0.3 is 0 Å². The van der Waals surface area contributed by atoms with Crippen molar-refractivity contribution in [1.29, 1.82) is 0 Å². The molecule has 1 aromatic heterocycles. The highest BCUT2D eigenvalue weighted by Gasteiger charge is 2.25. The number of carbonyl (C=O) groups excluding carboxylic acids is 1. The summed E-state index contributed by atoms with van der Waals surface area (Å²) in [5.74, 6) is 0.607. The van der Waals surface area contributed by atoms with Crippen molar-refractivity contribution in [3.63, 3.8) is 0 Å². The molecular weight excluding hydrogens is 208 g/mol. The summed E-state index contributed by atoms with van der Waals surface area (Å²) in [7, 11) is 0. The van der Waals surface area contributed by atoms with Crippen molar-refractivity contribution < 1.29 is 14.4 Å². The second kappa shape index (κ2) is 5.12. The molecule has 5 heteroatoms. The average molecular weight is 224 g/mol. The molecule has 2 rings (SSSR count). The molecule has 0 bridgehead atoms. The molecule has 1 unspecified atom stereocenters. The molecule has 88 valence electrons. The van der Waals surface area contributed by atoms with Crippen LogP contribution in [-0.4, -0.2) is 40.8 Å². The van der Waals surface area contributed by atoms with Crippen LogP contribution in [0.4, 0.5) is 0 Å². The van der Waals surface area contributed by atoms with Crippen LogP contribution in [0.2, 0.25) is 0 Å². The number of nitrogens with zero attached hydrogens (tertiary/aromatic N) is 2. The van der Waals surface area contributed by atoms with Crippen LogP contribution in [0, 0.1) is 5.92 Å². The molecule has 5 nitrogen and oxygen atoms in total. The number of carbonyl (C=O) groups is 1. The van der Waals surface area contributed by atoms with Crippen molar-refractivity contribution in [1.82, 2.24) is 10.1 Å². The summed E-state index contributed by atoms with van der Waals surface area (Å²) in [4.78, 5) is 13.7. The quantitative estimate of drug-likeness (QED) is 0.828. The van der Waals surface area contributed by atoms with Crippen molar-refractivity contribution in [2.45, 2.75) is 19.3 Å². The van der Waals surface area contributed by atoms with Gasteiger partial charge in [0.2, 0.25) is 5.76 Å². The summed E-state index contributed by atoms with van der Waals surface area (Å²) in [6.07, 6.45) is 4.31. The fraction of sp³-hybridized carbons (Fsp3) is 0.636. The van der Waals surface area contributed by atoms with Gasteiger partial charge in [0.25, 0.3) is 5.91 Å². The Morgan fingerprint density at radius 1 is 1.69 bits per heavy atom. The van der Waals surface area contributed by atoms with Gasteiger partial charge in [-0.1, -0.05) is 5.16 Å². The van der Waals surface area contributed by atoms with Gasteiger partial charge in [-0.05, 0) is 25.2 Å². The predicted octanol–water partition coefficient (Wildman–Crippen LogP) is 0.909. The van der Waals surface area contributed by atoms with E-state index >= 15 is 0 Å². The molecule has 0 aromatic carbocycles. The molecule has 1 atom stereocenters. The van der Waals surface area contributed by atoms with Crippen LogP contribution in [0.25, 0.3) is 0 Å². The third kappa shape index (κ3) is 2.41. The van der Waals surface area contributed by atoms with E-state index in [-0.39, 0.29) is 12.5 Å². The summed E-state index contributed by atoms with van der Waals surface area (Å²) in [6, 6.07) is 1.58. The number of rotatable bonds is 3. The van der Waals surface area contributed by atoms with Crippen LogP contribution in [0.3, 0.4) is 0 Å². The van der Waals surface area contributed by atoms with Crippen LogP contribution in [0.5, 0.6) is 0 Å². The van der Waals surface area contributed by atoms with Crippen molar-refractivity contribution in [2.24, 2.45) is 5.92 Å². The Hall–Kier alpha value is -1.36. The summed E-state index contributed by atoms with van der Waals surface area (Å²) in [5.41, 5.74) is 0. The first-order valence-corrected chi connectivity index (χ1v) is 5.62. The third-order valence-corrected chi connectivity index (χ3v) is 2.99. The van der Waals surface area contributed by atoms with Crippen LogP contribution >= 0.6 is 0 Å². The van der Waals surface area contributed by atoms with Crippen LogP contribution < -0.4 is 0 Å². The Bertz CT molecular complexity index is 335. The molecule has 2 heterocycles. The maximum Gasteiger partial charge on any atom is 0.292 e. The monoisotopic (exact) mass is 224 g/mol. The standard InChI is InChI=1S/C11H16N2O3/c14-7-4-9-2-1-6-13(8-9)11(15)10-3-5-12-16-10/h3,5,9,14H,1-2,4,6-8H2. The molecule has 1 fully saturated rings. The van der Waals surface area contributed by atoms with Crippen molar-refractivity contribution in [2.75, 3.05) is 19.7 Å². The van der Waals surface area contributed by atoms with Gasteiger partial charge in [-0.25, -0.2) is 0 Å². The Balaban J connectivity index is 1.96. The SMILES string of the molecule is O=C(c1ccno1)N1CCCC(CCO)C1. The van der Waals surface area contributed by atoms with Gasteiger partial charge < -0.3 is 14.5 Å². The molecule has 1 aliphatic heterocycles. The van der Waals surface area contributed by atoms with Crippen LogP contribution in [0.15, 0.2) is 16.8 Å². The number of aliphatic hydroxyl groups excluding tert-OH is 1. The highest BCUT2D eigenvalue weighted by atomic mass is 16.5. The Kier molecular flexibility index (Phi) is 3.56.